The van der Waals surface area contributed by atoms with Gasteiger partial charge in [0.1, 0.15) is 0 Å². The number of rotatable bonds is 6. The van der Waals surface area contributed by atoms with Gasteiger partial charge in [0.2, 0.25) is 10.0 Å². The lowest BCUT2D eigenvalue weighted by Gasteiger charge is -2.27. The zero-order chi connectivity index (χ0) is 12.7. The van der Waals surface area contributed by atoms with Crippen LogP contribution in [0.4, 0.5) is 0 Å². The zero-order valence-corrected chi connectivity index (χ0v) is 12.0. The molecule has 1 unspecified atom stereocenters. The predicted octanol–water partition coefficient (Wildman–Crippen LogP) is 1.84. The second-order valence-electron chi connectivity index (χ2n) is 4.28. The molecule has 0 bridgehead atoms. The maximum absolute atomic E-state index is 12.2. The molecule has 1 rings (SSSR count). The van der Waals surface area contributed by atoms with Crippen LogP contribution in [0, 0.1) is 0 Å². The van der Waals surface area contributed by atoms with Gasteiger partial charge in [-0.2, -0.15) is 4.31 Å². The van der Waals surface area contributed by atoms with Gasteiger partial charge in [-0.3, -0.25) is 0 Å². The fraction of sp³-hybridized carbons (Fsp3) is 1.00. The third kappa shape index (κ3) is 4.73. The number of hydrogen-bond acceptors (Lipinski definition) is 3. The molecule has 1 aliphatic rings. The molecule has 0 radical (unpaired) electrons. The van der Waals surface area contributed by atoms with E-state index in [0.29, 0.717) is 19.0 Å². The van der Waals surface area contributed by atoms with Gasteiger partial charge >= 0.3 is 0 Å². The Morgan fingerprint density at radius 2 is 2.12 bits per heavy atom. The van der Waals surface area contributed by atoms with Crippen molar-refractivity contribution in [3.05, 3.63) is 0 Å². The average molecular weight is 284 g/mol. The van der Waals surface area contributed by atoms with Crippen LogP contribution < -0.4 is 0 Å². The molecule has 1 aliphatic heterocycles. The molecule has 0 amide bonds. The Labute approximate surface area is 109 Å². The topological polar surface area (TPSA) is 46.6 Å². The fourth-order valence-corrected chi connectivity index (χ4v) is 4.10. The van der Waals surface area contributed by atoms with E-state index in [1.54, 1.807) is 4.31 Å². The molecule has 6 heteroatoms. The van der Waals surface area contributed by atoms with Crippen LogP contribution in [0.5, 0.6) is 0 Å². The molecular weight excluding hydrogens is 262 g/mol. The van der Waals surface area contributed by atoms with Crippen LogP contribution in [0.1, 0.15) is 32.6 Å². The quantitative estimate of drug-likeness (QED) is 0.552. The Bertz CT molecular complexity index is 308. The molecule has 0 N–H and O–H groups in total. The van der Waals surface area contributed by atoms with Gasteiger partial charge in [-0.15, -0.1) is 11.6 Å². The largest absolute Gasteiger partial charge is 0.381 e. The van der Waals surface area contributed by atoms with Crippen molar-refractivity contribution in [1.82, 2.24) is 4.31 Å². The lowest BCUT2D eigenvalue weighted by atomic mass is 10.1. The van der Waals surface area contributed by atoms with E-state index in [-0.39, 0.29) is 18.4 Å². The van der Waals surface area contributed by atoms with Crippen molar-refractivity contribution in [3.63, 3.8) is 0 Å². The number of ether oxygens (including phenoxy) is 1. The molecule has 0 aliphatic carbocycles. The van der Waals surface area contributed by atoms with Gasteiger partial charge in [0.05, 0.1) is 12.4 Å². The van der Waals surface area contributed by atoms with Crippen LogP contribution in [0.15, 0.2) is 0 Å². The van der Waals surface area contributed by atoms with E-state index >= 15 is 0 Å². The van der Waals surface area contributed by atoms with Crippen molar-refractivity contribution in [1.29, 1.82) is 0 Å². The van der Waals surface area contributed by atoms with Crippen LogP contribution in [0.2, 0.25) is 0 Å². The van der Waals surface area contributed by atoms with E-state index in [9.17, 15) is 8.42 Å². The number of nitrogens with zero attached hydrogens (tertiary/aromatic N) is 1. The molecule has 102 valence electrons. The van der Waals surface area contributed by atoms with E-state index in [1.165, 1.54) is 0 Å². The third-order valence-electron chi connectivity index (χ3n) is 3.05. The summed E-state index contributed by atoms with van der Waals surface area (Å²) in [7, 11) is -3.22. The average Bonchev–Trinajstić information content (AvgIpc) is 2.54. The molecule has 0 spiro atoms. The first kappa shape index (κ1) is 15.2. The smallest absolute Gasteiger partial charge is 0.216 e. The minimum absolute atomic E-state index is 0.0363. The van der Waals surface area contributed by atoms with E-state index in [1.807, 2.05) is 6.92 Å². The summed E-state index contributed by atoms with van der Waals surface area (Å²) in [5, 5.41) is 0. The highest BCUT2D eigenvalue weighted by molar-refractivity contribution is 7.89. The monoisotopic (exact) mass is 283 g/mol. The van der Waals surface area contributed by atoms with E-state index < -0.39 is 10.0 Å². The summed E-state index contributed by atoms with van der Waals surface area (Å²) in [5.41, 5.74) is 0. The summed E-state index contributed by atoms with van der Waals surface area (Å²) in [5.74, 6) is 0.447. The summed E-state index contributed by atoms with van der Waals surface area (Å²) in [6.45, 7) is 3.28. The minimum Gasteiger partial charge on any atom is -0.381 e. The molecule has 0 aromatic carbocycles. The number of alkyl halides is 1. The highest BCUT2D eigenvalue weighted by Gasteiger charge is 2.30. The standard InChI is InChI=1S/C11H22ClNO3S/c1-2-16-8-9-17(14,15)13-7-5-3-4-6-11(13)10-12/h11H,2-10H2,1H3. The number of hydrogen-bond donors (Lipinski definition) is 0. The second-order valence-corrected chi connectivity index (χ2v) is 6.63. The van der Waals surface area contributed by atoms with Crippen molar-refractivity contribution in [2.45, 2.75) is 38.6 Å². The minimum atomic E-state index is -3.22. The molecule has 1 atom stereocenters. The van der Waals surface area contributed by atoms with Gasteiger partial charge in [-0.05, 0) is 19.8 Å². The van der Waals surface area contributed by atoms with Crippen molar-refractivity contribution in [3.8, 4) is 0 Å². The van der Waals surface area contributed by atoms with Crippen LogP contribution in [0.25, 0.3) is 0 Å². The summed E-state index contributed by atoms with van der Waals surface area (Å²) in [4.78, 5) is 0. The Hall–Kier alpha value is 0.160. The maximum Gasteiger partial charge on any atom is 0.216 e. The Kier molecular flexibility index (Phi) is 6.77. The van der Waals surface area contributed by atoms with Gasteiger partial charge in [0, 0.05) is 25.1 Å². The third-order valence-corrected chi connectivity index (χ3v) is 5.28. The zero-order valence-electron chi connectivity index (χ0n) is 10.4. The van der Waals surface area contributed by atoms with E-state index in [2.05, 4.69) is 0 Å². The summed E-state index contributed by atoms with van der Waals surface area (Å²) in [6, 6.07) is -0.0363. The highest BCUT2D eigenvalue weighted by atomic mass is 35.5. The molecule has 1 saturated heterocycles. The van der Waals surface area contributed by atoms with Gasteiger partial charge in [0.15, 0.2) is 0 Å². The number of sulfonamides is 1. The fourth-order valence-electron chi connectivity index (χ4n) is 2.10. The van der Waals surface area contributed by atoms with Crippen molar-refractivity contribution in [2.24, 2.45) is 0 Å². The lowest BCUT2D eigenvalue weighted by molar-refractivity contribution is 0.162. The maximum atomic E-state index is 12.2. The Balaban J connectivity index is 2.64. The second kappa shape index (κ2) is 7.56. The van der Waals surface area contributed by atoms with Crippen LogP contribution in [-0.4, -0.2) is 50.2 Å². The molecule has 17 heavy (non-hydrogen) atoms. The van der Waals surface area contributed by atoms with Crippen molar-refractivity contribution >= 4 is 21.6 Å². The van der Waals surface area contributed by atoms with Gasteiger partial charge in [-0.25, -0.2) is 8.42 Å². The Morgan fingerprint density at radius 1 is 1.35 bits per heavy atom. The SMILES string of the molecule is CCOCCS(=O)(=O)N1CCCCCC1CCl. The highest BCUT2D eigenvalue weighted by Crippen LogP contribution is 2.21. The van der Waals surface area contributed by atoms with Crippen LogP contribution in [-0.2, 0) is 14.8 Å². The normalized spacial score (nSPS) is 23.5. The first-order valence-electron chi connectivity index (χ1n) is 6.25. The summed E-state index contributed by atoms with van der Waals surface area (Å²) >= 11 is 5.88. The van der Waals surface area contributed by atoms with Gasteiger partial charge in [-0.1, -0.05) is 12.8 Å². The lowest BCUT2D eigenvalue weighted by Crippen LogP contribution is -2.43. The first-order valence-corrected chi connectivity index (χ1v) is 8.39. The Morgan fingerprint density at radius 3 is 2.76 bits per heavy atom. The van der Waals surface area contributed by atoms with Crippen LogP contribution >= 0.6 is 11.6 Å². The molecule has 1 fully saturated rings. The molecular formula is C11H22ClNO3S. The molecule has 0 saturated carbocycles. The van der Waals surface area contributed by atoms with E-state index in [4.69, 9.17) is 16.3 Å². The predicted molar refractivity (Wildman–Crippen MR) is 70.0 cm³/mol. The van der Waals surface area contributed by atoms with Crippen molar-refractivity contribution < 1.29 is 13.2 Å². The summed E-state index contributed by atoms with van der Waals surface area (Å²) in [6.07, 6.45) is 3.96. The first-order chi connectivity index (χ1) is 8.11. The molecule has 1 heterocycles. The van der Waals surface area contributed by atoms with E-state index in [0.717, 1.165) is 25.7 Å². The molecule has 0 aromatic rings. The van der Waals surface area contributed by atoms with Crippen molar-refractivity contribution in [2.75, 3.05) is 31.4 Å². The number of halogens is 1. The summed E-state index contributed by atoms with van der Waals surface area (Å²) < 4.78 is 31.1. The molecule has 0 aromatic heterocycles. The van der Waals surface area contributed by atoms with Gasteiger partial charge in [0.25, 0.3) is 0 Å². The molecule has 4 nitrogen and oxygen atoms in total. The van der Waals surface area contributed by atoms with Crippen LogP contribution in [0.3, 0.4) is 0 Å². The van der Waals surface area contributed by atoms with Gasteiger partial charge < -0.3 is 4.74 Å².